The molecule has 0 bridgehead atoms. The van der Waals surface area contributed by atoms with Gasteiger partial charge in [0.2, 0.25) is 0 Å². The standard InChI is InChI=1S/C45H50ClF3N6O6Si/c1-29-19-38(55(25-30-7-11-33(57-2)12-8-30)26-31-9-13-34(58-3)14-10-31)54-42(40(29)45(47,48)49)36-21-37(39-43(41(36)46)52-27-53-44(39)56)60-16-15-50-22-32-20-35(24-51-23-32)61-28-59-17-18-62(4,5)6/h7-14,19-21,23-24,27,50H,15-18,22,25-26,28H2,1-6H3,(H,52,53,56). The first-order valence-corrected chi connectivity index (χ1v) is 24.0. The lowest BCUT2D eigenvalue weighted by molar-refractivity contribution is -0.137. The maximum atomic E-state index is 15.1. The zero-order valence-electron chi connectivity index (χ0n) is 35.5. The number of benzene rings is 3. The molecule has 0 fully saturated rings. The number of methoxy groups -OCH3 is 2. The quantitative estimate of drug-likeness (QED) is 0.0432. The first kappa shape index (κ1) is 45.8. The highest BCUT2D eigenvalue weighted by atomic mass is 35.5. The molecule has 6 aromatic rings. The zero-order valence-corrected chi connectivity index (χ0v) is 37.2. The fourth-order valence-corrected chi connectivity index (χ4v) is 7.66. The normalized spacial score (nSPS) is 11.8. The number of rotatable bonds is 20. The lowest BCUT2D eigenvalue weighted by atomic mass is 9.99. The van der Waals surface area contributed by atoms with E-state index in [1.165, 1.54) is 19.1 Å². The minimum Gasteiger partial charge on any atom is -0.497 e. The molecule has 0 spiro atoms. The van der Waals surface area contributed by atoms with Crippen molar-refractivity contribution in [1.29, 1.82) is 0 Å². The van der Waals surface area contributed by atoms with Crippen LogP contribution in [-0.4, -0.2) is 68.8 Å². The molecule has 62 heavy (non-hydrogen) atoms. The van der Waals surface area contributed by atoms with Crippen LogP contribution in [0.3, 0.4) is 0 Å². The van der Waals surface area contributed by atoms with E-state index in [1.54, 1.807) is 26.6 Å². The second-order valence-electron chi connectivity index (χ2n) is 15.8. The Bertz CT molecular complexity index is 2450. The third-order valence-corrected chi connectivity index (χ3v) is 12.0. The molecule has 6 rings (SSSR count). The number of pyridine rings is 2. The fraction of sp³-hybridized carbons (Fsp3) is 0.333. The summed E-state index contributed by atoms with van der Waals surface area (Å²) in [6.45, 7) is 10.3. The van der Waals surface area contributed by atoms with Crippen molar-refractivity contribution in [3.8, 4) is 34.3 Å². The molecule has 0 aliphatic carbocycles. The molecular formula is C45H50ClF3N6O6Si. The van der Waals surface area contributed by atoms with Gasteiger partial charge in [-0.1, -0.05) is 55.5 Å². The number of hydrogen-bond donors (Lipinski definition) is 2. The molecule has 0 saturated carbocycles. The molecule has 0 aliphatic heterocycles. The number of halogens is 4. The van der Waals surface area contributed by atoms with Gasteiger partial charge in [-0.2, -0.15) is 13.2 Å². The minimum atomic E-state index is -4.83. The summed E-state index contributed by atoms with van der Waals surface area (Å²) in [4.78, 5) is 30.9. The Morgan fingerprint density at radius 3 is 2.13 bits per heavy atom. The number of ether oxygens (including phenoxy) is 5. The molecule has 0 atom stereocenters. The van der Waals surface area contributed by atoms with E-state index in [2.05, 4.69) is 39.9 Å². The average Bonchev–Trinajstić information content (AvgIpc) is 3.23. The van der Waals surface area contributed by atoms with Crippen molar-refractivity contribution in [2.24, 2.45) is 0 Å². The van der Waals surface area contributed by atoms with E-state index in [9.17, 15) is 4.79 Å². The highest BCUT2D eigenvalue weighted by molar-refractivity contribution is 6.76. The molecule has 3 aromatic heterocycles. The van der Waals surface area contributed by atoms with E-state index < -0.39 is 31.1 Å². The smallest absolute Gasteiger partial charge is 0.418 e. The average molecular weight is 891 g/mol. The number of anilines is 1. The number of H-pyrrole nitrogens is 1. The summed E-state index contributed by atoms with van der Waals surface area (Å²) in [6.07, 6.45) is -0.376. The van der Waals surface area contributed by atoms with Gasteiger partial charge in [0.05, 0.1) is 43.0 Å². The molecule has 0 unspecified atom stereocenters. The number of fused-ring (bicyclic) bond motifs is 1. The van der Waals surface area contributed by atoms with E-state index in [0.29, 0.717) is 36.9 Å². The summed E-state index contributed by atoms with van der Waals surface area (Å²) < 4.78 is 73.5. The van der Waals surface area contributed by atoms with Gasteiger partial charge in [-0.3, -0.25) is 9.78 Å². The van der Waals surface area contributed by atoms with Gasteiger partial charge in [0, 0.05) is 52.6 Å². The van der Waals surface area contributed by atoms with Crippen molar-refractivity contribution in [2.75, 3.05) is 45.7 Å². The zero-order chi connectivity index (χ0) is 44.4. The van der Waals surface area contributed by atoms with E-state index in [0.717, 1.165) is 29.1 Å². The summed E-state index contributed by atoms with van der Waals surface area (Å²) in [5.74, 6) is 2.15. The summed E-state index contributed by atoms with van der Waals surface area (Å²) in [5.41, 5.74) is 0.386. The Hall–Kier alpha value is -5.68. The van der Waals surface area contributed by atoms with E-state index in [4.69, 9.17) is 40.3 Å². The van der Waals surface area contributed by atoms with E-state index in [1.807, 2.05) is 59.5 Å². The van der Waals surface area contributed by atoms with Gasteiger partial charge in [0.1, 0.15) is 46.3 Å². The Kier molecular flexibility index (Phi) is 15.1. The number of alkyl halides is 3. The lowest BCUT2D eigenvalue weighted by Gasteiger charge is -2.27. The number of aromatic nitrogens is 4. The van der Waals surface area contributed by atoms with Crippen LogP contribution in [0.2, 0.25) is 30.7 Å². The van der Waals surface area contributed by atoms with Gasteiger partial charge in [-0.25, -0.2) is 9.97 Å². The number of nitrogens with one attached hydrogen (secondary N) is 2. The summed E-state index contributed by atoms with van der Waals surface area (Å²) in [5, 5.41) is 3.07. The maximum Gasteiger partial charge on any atom is 0.418 e. The summed E-state index contributed by atoms with van der Waals surface area (Å²) in [6, 6.07) is 20.4. The Labute approximate surface area is 364 Å². The number of aromatic amines is 1. The van der Waals surface area contributed by atoms with Crippen molar-refractivity contribution in [1.82, 2.24) is 25.3 Å². The predicted octanol–water partition coefficient (Wildman–Crippen LogP) is 9.44. The molecule has 0 radical (unpaired) electrons. The van der Waals surface area contributed by atoms with Crippen molar-refractivity contribution >= 4 is 36.4 Å². The van der Waals surface area contributed by atoms with Crippen LogP contribution in [-0.2, 0) is 30.5 Å². The van der Waals surface area contributed by atoms with Gasteiger partial charge in [-0.05, 0) is 77.7 Å². The summed E-state index contributed by atoms with van der Waals surface area (Å²) in [7, 11) is 1.93. The first-order chi connectivity index (χ1) is 29.6. The molecule has 12 nitrogen and oxygen atoms in total. The minimum absolute atomic E-state index is 0.00644. The molecule has 3 aromatic carbocycles. The molecular weight excluding hydrogens is 841 g/mol. The third-order valence-electron chi connectivity index (χ3n) is 9.89. The molecule has 2 N–H and O–H groups in total. The van der Waals surface area contributed by atoms with Crippen LogP contribution in [0.1, 0.15) is 27.8 Å². The predicted molar refractivity (Wildman–Crippen MR) is 237 cm³/mol. The van der Waals surface area contributed by atoms with Gasteiger partial charge < -0.3 is 38.9 Å². The van der Waals surface area contributed by atoms with E-state index >= 15 is 13.2 Å². The van der Waals surface area contributed by atoms with Gasteiger partial charge in [0.15, 0.2) is 6.79 Å². The van der Waals surface area contributed by atoms with Crippen LogP contribution in [0, 0.1) is 6.92 Å². The highest BCUT2D eigenvalue weighted by Crippen LogP contribution is 2.45. The lowest BCUT2D eigenvalue weighted by Crippen LogP contribution is -2.24. The molecule has 0 aliphatic rings. The van der Waals surface area contributed by atoms with Crippen LogP contribution in [0.15, 0.2) is 90.2 Å². The van der Waals surface area contributed by atoms with Crippen LogP contribution in [0.5, 0.6) is 23.0 Å². The van der Waals surface area contributed by atoms with Crippen molar-refractivity contribution < 1.29 is 36.9 Å². The Morgan fingerprint density at radius 1 is 0.855 bits per heavy atom. The molecule has 0 amide bonds. The number of hydrogen-bond acceptors (Lipinski definition) is 11. The van der Waals surface area contributed by atoms with Crippen molar-refractivity contribution in [3.05, 3.63) is 129 Å². The fourth-order valence-electron chi connectivity index (χ4n) is 6.62. The van der Waals surface area contributed by atoms with Crippen LogP contribution in [0.4, 0.5) is 19.0 Å². The van der Waals surface area contributed by atoms with Crippen molar-refractivity contribution in [3.63, 3.8) is 0 Å². The largest absolute Gasteiger partial charge is 0.497 e. The van der Waals surface area contributed by atoms with Crippen molar-refractivity contribution in [2.45, 2.75) is 58.4 Å². The van der Waals surface area contributed by atoms with Gasteiger partial charge in [-0.15, -0.1) is 0 Å². The second-order valence-corrected chi connectivity index (χ2v) is 21.8. The maximum absolute atomic E-state index is 15.1. The number of nitrogens with zero attached hydrogens (tertiary/aromatic N) is 4. The highest BCUT2D eigenvalue weighted by Gasteiger charge is 2.38. The molecule has 328 valence electrons. The van der Waals surface area contributed by atoms with Crippen LogP contribution < -0.4 is 34.7 Å². The molecule has 17 heteroatoms. The topological polar surface area (TPSA) is 133 Å². The Balaban J connectivity index is 1.29. The monoisotopic (exact) mass is 890 g/mol. The first-order valence-electron chi connectivity index (χ1n) is 19.9. The van der Waals surface area contributed by atoms with Crippen LogP contribution >= 0.6 is 11.6 Å². The third kappa shape index (κ3) is 12.0. The summed E-state index contributed by atoms with van der Waals surface area (Å²) >= 11 is 6.92. The van der Waals surface area contributed by atoms with E-state index in [-0.39, 0.29) is 65.1 Å². The molecule has 0 saturated heterocycles. The van der Waals surface area contributed by atoms with Crippen LogP contribution in [0.25, 0.3) is 22.2 Å². The van der Waals surface area contributed by atoms with Gasteiger partial charge >= 0.3 is 6.18 Å². The Morgan fingerprint density at radius 2 is 1.52 bits per heavy atom. The number of aryl methyl sites for hydroxylation is 1. The molecule has 3 heterocycles. The van der Waals surface area contributed by atoms with Gasteiger partial charge in [0.25, 0.3) is 5.56 Å². The second kappa shape index (κ2) is 20.5. The SMILES string of the molecule is COc1ccc(CN(Cc2ccc(OC)cc2)c2cc(C)c(C(F)(F)F)c(-c3cc(OCCNCc4cncc(OCOCC[Si](C)(C)C)c4)c4c(=O)[nH]cnc4c3Cl)n2)cc1.